The van der Waals surface area contributed by atoms with Gasteiger partial charge in [0.15, 0.2) is 0 Å². The molecule has 0 unspecified atom stereocenters. The van der Waals surface area contributed by atoms with E-state index in [2.05, 4.69) is 0 Å². The number of sulfonamides is 1. The number of piperidine rings is 1. The summed E-state index contributed by atoms with van der Waals surface area (Å²) in [5.41, 5.74) is -0.0786. The average molecular weight is 420 g/mol. The quantitative estimate of drug-likeness (QED) is 0.450. The molecule has 0 radical (unpaired) electrons. The summed E-state index contributed by atoms with van der Waals surface area (Å²) >= 11 is 0. The van der Waals surface area contributed by atoms with Gasteiger partial charge in [0, 0.05) is 39.3 Å². The summed E-state index contributed by atoms with van der Waals surface area (Å²) < 4.78 is 51.7. The van der Waals surface area contributed by atoms with Gasteiger partial charge in [-0.1, -0.05) is 6.42 Å². The van der Waals surface area contributed by atoms with Crippen LogP contribution in [0.5, 0.6) is 0 Å². The molecule has 28 heavy (non-hydrogen) atoms. The molecule has 0 spiro atoms. The van der Waals surface area contributed by atoms with Crippen molar-refractivity contribution in [2.45, 2.75) is 30.6 Å². The van der Waals surface area contributed by atoms with E-state index in [0.29, 0.717) is 13.1 Å². The van der Waals surface area contributed by atoms with Gasteiger partial charge in [0.05, 0.1) is 16.4 Å². The molecular formula is C17H26F2N4O4S. The number of likely N-dealkylation sites (N-methyl/N-ethyl adjacent to an activating group) is 2. The summed E-state index contributed by atoms with van der Waals surface area (Å²) in [5.74, 6) is 0. The van der Waals surface area contributed by atoms with Crippen molar-refractivity contribution >= 4 is 21.4 Å². The number of anilines is 1. The molecule has 1 heterocycles. The van der Waals surface area contributed by atoms with E-state index >= 15 is 0 Å². The zero-order chi connectivity index (χ0) is 20.9. The van der Waals surface area contributed by atoms with Gasteiger partial charge in [0.2, 0.25) is 10.0 Å². The number of benzene rings is 1. The van der Waals surface area contributed by atoms with Crippen LogP contribution in [-0.4, -0.2) is 75.8 Å². The molecule has 0 bridgehead atoms. The summed E-state index contributed by atoms with van der Waals surface area (Å²) in [5, 5.41) is 11.5. The molecule has 1 fully saturated rings. The van der Waals surface area contributed by atoms with Crippen molar-refractivity contribution in [2.24, 2.45) is 0 Å². The van der Waals surface area contributed by atoms with Crippen LogP contribution in [0.15, 0.2) is 23.1 Å². The fourth-order valence-electron chi connectivity index (χ4n) is 3.16. The smallest absolute Gasteiger partial charge is 0.293 e. The predicted molar refractivity (Wildman–Crippen MR) is 102 cm³/mol. The highest BCUT2D eigenvalue weighted by molar-refractivity contribution is 7.89. The number of alkyl halides is 2. The topological polar surface area (TPSA) is 87.0 Å². The van der Waals surface area contributed by atoms with Crippen LogP contribution < -0.4 is 4.90 Å². The molecule has 0 aliphatic carbocycles. The molecule has 0 N–H and O–H groups in total. The molecule has 2 rings (SSSR count). The maximum atomic E-state index is 12.8. The van der Waals surface area contributed by atoms with Gasteiger partial charge >= 0.3 is 0 Å². The third-order valence-corrected chi connectivity index (χ3v) is 6.67. The third-order valence-electron chi connectivity index (χ3n) is 4.77. The van der Waals surface area contributed by atoms with Crippen molar-refractivity contribution in [1.29, 1.82) is 0 Å². The van der Waals surface area contributed by atoms with Crippen LogP contribution in [0.3, 0.4) is 0 Å². The second kappa shape index (κ2) is 9.57. The highest BCUT2D eigenvalue weighted by Gasteiger charge is 2.29. The second-order valence-electron chi connectivity index (χ2n) is 6.95. The minimum absolute atomic E-state index is 0.104. The van der Waals surface area contributed by atoms with Crippen molar-refractivity contribution in [1.82, 2.24) is 9.21 Å². The van der Waals surface area contributed by atoms with Crippen molar-refractivity contribution in [3.8, 4) is 0 Å². The maximum absolute atomic E-state index is 12.8. The zero-order valence-electron chi connectivity index (χ0n) is 16.1. The van der Waals surface area contributed by atoms with Gasteiger partial charge in [-0.25, -0.2) is 17.2 Å². The van der Waals surface area contributed by atoms with Crippen molar-refractivity contribution < 1.29 is 22.1 Å². The molecule has 1 aliphatic heterocycles. The number of halogens is 2. The van der Waals surface area contributed by atoms with E-state index < -0.39 is 21.4 Å². The monoisotopic (exact) mass is 420 g/mol. The lowest BCUT2D eigenvalue weighted by Crippen LogP contribution is -2.35. The number of nitro benzene ring substituents is 1. The predicted octanol–water partition coefficient (Wildman–Crippen LogP) is 2.40. The molecule has 0 atom stereocenters. The minimum atomic E-state index is -3.78. The number of nitro groups is 1. The highest BCUT2D eigenvalue weighted by Crippen LogP contribution is 2.31. The van der Waals surface area contributed by atoms with E-state index in [0.717, 1.165) is 25.3 Å². The molecule has 0 saturated carbocycles. The highest BCUT2D eigenvalue weighted by atomic mass is 32.2. The lowest BCUT2D eigenvalue weighted by molar-refractivity contribution is -0.384. The summed E-state index contributed by atoms with van der Waals surface area (Å²) in [6.07, 6.45) is 0.0577. The lowest BCUT2D eigenvalue weighted by Gasteiger charge is -2.26. The van der Waals surface area contributed by atoms with E-state index in [-0.39, 0.29) is 35.9 Å². The first-order chi connectivity index (χ1) is 13.1. The molecule has 1 aromatic rings. The van der Waals surface area contributed by atoms with Gasteiger partial charge in [-0.05, 0) is 32.0 Å². The Morgan fingerprint density at radius 3 is 2.39 bits per heavy atom. The number of hydrogen-bond donors (Lipinski definition) is 0. The van der Waals surface area contributed by atoms with Gasteiger partial charge in [-0.2, -0.15) is 4.31 Å². The van der Waals surface area contributed by atoms with Crippen LogP contribution in [-0.2, 0) is 10.0 Å². The van der Waals surface area contributed by atoms with E-state index in [1.54, 1.807) is 19.0 Å². The van der Waals surface area contributed by atoms with E-state index in [1.165, 1.54) is 21.3 Å². The summed E-state index contributed by atoms with van der Waals surface area (Å²) in [6.45, 7) is 1.000. The molecule has 1 saturated heterocycles. The molecule has 11 heteroatoms. The molecule has 1 aliphatic rings. The lowest BCUT2D eigenvalue weighted by atomic mass is 10.2. The first-order valence-corrected chi connectivity index (χ1v) is 10.5. The van der Waals surface area contributed by atoms with E-state index in [4.69, 9.17) is 0 Å². The number of nitrogens with zero attached hydrogens (tertiary/aromatic N) is 4. The molecule has 158 valence electrons. The minimum Gasteiger partial charge on any atom is -0.368 e. The van der Waals surface area contributed by atoms with Crippen molar-refractivity contribution in [3.63, 3.8) is 0 Å². The third kappa shape index (κ3) is 5.58. The average Bonchev–Trinajstić information content (AvgIpc) is 2.65. The van der Waals surface area contributed by atoms with Gasteiger partial charge in [-0.3, -0.25) is 15.0 Å². The van der Waals surface area contributed by atoms with Crippen LogP contribution in [0.25, 0.3) is 0 Å². The zero-order valence-corrected chi connectivity index (χ0v) is 16.9. The molecule has 0 amide bonds. The van der Waals surface area contributed by atoms with Crippen LogP contribution >= 0.6 is 0 Å². The van der Waals surface area contributed by atoms with Gasteiger partial charge in [0.1, 0.15) is 5.69 Å². The summed E-state index contributed by atoms with van der Waals surface area (Å²) in [4.78, 5) is 13.8. The maximum Gasteiger partial charge on any atom is 0.293 e. The van der Waals surface area contributed by atoms with Gasteiger partial charge in [0.25, 0.3) is 12.1 Å². The molecule has 8 nitrogen and oxygen atoms in total. The van der Waals surface area contributed by atoms with Crippen molar-refractivity contribution in [3.05, 3.63) is 28.3 Å². The Balaban J connectivity index is 2.21. The Labute approximate surface area is 163 Å². The Kier molecular flexibility index (Phi) is 7.67. The second-order valence-corrected chi connectivity index (χ2v) is 8.89. The Hall–Kier alpha value is -1.85. The summed E-state index contributed by atoms with van der Waals surface area (Å²) in [6, 6.07) is 3.85. The fraction of sp³-hybridized carbons (Fsp3) is 0.647. The van der Waals surface area contributed by atoms with Crippen LogP contribution in [0.2, 0.25) is 0 Å². The normalized spacial score (nSPS) is 15.9. The van der Waals surface area contributed by atoms with E-state index in [1.807, 2.05) is 0 Å². The first kappa shape index (κ1) is 22.4. The van der Waals surface area contributed by atoms with Gasteiger partial charge in [-0.15, -0.1) is 0 Å². The van der Waals surface area contributed by atoms with Crippen LogP contribution in [0.4, 0.5) is 20.2 Å². The van der Waals surface area contributed by atoms with Crippen molar-refractivity contribution in [2.75, 3.05) is 51.7 Å². The van der Waals surface area contributed by atoms with E-state index in [9.17, 15) is 27.3 Å². The Bertz CT molecular complexity index is 785. The van der Waals surface area contributed by atoms with Crippen LogP contribution in [0, 0.1) is 10.1 Å². The SMILES string of the molecule is CN(CCN(C)c1ccc(S(=O)(=O)N2CCCCC2)cc1[N+](=O)[O-])CC(F)F. The number of hydrogen-bond acceptors (Lipinski definition) is 6. The first-order valence-electron chi connectivity index (χ1n) is 9.09. The molecular weight excluding hydrogens is 394 g/mol. The Morgan fingerprint density at radius 1 is 1.18 bits per heavy atom. The van der Waals surface area contributed by atoms with Crippen LogP contribution in [0.1, 0.15) is 19.3 Å². The largest absolute Gasteiger partial charge is 0.368 e. The molecule has 1 aromatic carbocycles. The Morgan fingerprint density at radius 2 is 1.82 bits per heavy atom. The van der Waals surface area contributed by atoms with Gasteiger partial charge < -0.3 is 4.90 Å². The standard InChI is InChI=1S/C17H26F2N4O4S/c1-20(13-17(18)19)10-11-21(2)15-7-6-14(12-16(15)23(24)25)28(26,27)22-8-4-3-5-9-22/h6-7,12,17H,3-5,8-11,13H2,1-2H3. The summed E-state index contributed by atoms with van der Waals surface area (Å²) in [7, 11) is -0.628. The fourth-order valence-corrected chi connectivity index (χ4v) is 4.69. The number of rotatable bonds is 9. The molecule has 0 aromatic heterocycles.